The normalized spacial score (nSPS) is 14.1. The van der Waals surface area contributed by atoms with Crippen LogP contribution in [0, 0.1) is 6.92 Å². The van der Waals surface area contributed by atoms with Gasteiger partial charge in [0.2, 0.25) is 0 Å². The van der Waals surface area contributed by atoms with E-state index in [2.05, 4.69) is 128 Å². The van der Waals surface area contributed by atoms with Crippen molar-refractivity contribution >= 4 is 12.5 Å². The molecule has 0 amide bonds. The zero-order chi connectivity index (χ0) is 24.5. The highest BCUT2D eigenvalue weighted by Crippen LogP contribution is 2.38. The molecule has 0 N–H and O–H groups in total. The summed E-state index contributed by atoms with van der Waals surface area (Å²) in [6, 6.07) is 11.2. The molecule has 1 aromatic heterocycles. The summed E-state index contributed by atoms with van der Waals surface area (Å²) >= 11 is 0. The van der Waals surface area contributed by atoms with Gasteiger partial charge in [-0.1, -0.05) is 86.6 Å². The van der Waals surface area contributed by atoms with Crippen LogP contribution in [0.4, 0.5) is 0 Å². The van der Waals surface area contributed by atoms with E-state index in [0.717, 1.165) is 5.75 Å². The Hall–Kier alpha value is -2.49. The lowest BCUT2D eigenvalue weighted by Crippen LogP contribution is -2.53. The van der Waals surface area contributed by atoms with Gasteiger partial charge in [-0.05, 0) is 51.5 Å². The fourth-order valence-electron chi connectivity index (χ4n) is 4.98. The van der Waals surface area contributed by atoms with Crippen LogP contribution in [-0.4, -0.2) is 11.5 Å². The first-order valence-electron chi connectivity index (χ1n) is 12.1. The minimum atomic E-state index is -0.215. The first kappa shape index (κ1) is 23.7. The Morgan fingerprint density at radius 3 is 1.94 bits per heavy atom. The van der Waals surface area contributed by atoms with E-state index < -0.39 is 0 Å². The van der Waals surface area contributed by atoms with Crippen LogP contribution in [0.5, 0.6) is 5.75 Å². The highest BCUT2D eigenvalue weighted by atomic mass is 16.4. The van der Waals surface area contributed by atoms with Crippen LogP contribution >= 0.6 is 0 Å². The van der Waals surface area contributed by atoms with Crippen LogP contribution in [0.3, 0.4) is 0 Å². The number of nitrogens with zero attached hydrogens (tertiary/aromatic N) is 2. The summed E-state index contributed by atoms with van der Waals surface area (Å²) in [5.41, 5.74) is 7.84. The molecule has 0 unspecified atom stereocenters. The van der Waals surface area contributed by atoms with Gasteiger partial charge in [0.05, 0.1) is 7.05 Å². The van der Waals surface area contributed by atoms with Gasteiger partial charge in [-0.2, -0.15) is 0 Å². The van der Waals surface area contributed by atoms with Crippen LogP contribution in [-0.2, 0) is 23.3 Å². The molecule has 174 valence electrons. The maximum Gasteiger partial charge on any atom is 0.647 e. The third-order valence-corrected chi connectivity index (χ3v) is 6.89. The average molecular weight is 443 g/mol. The largest absolute Gasteiger partial charge is 0.647 e. The van der Waals surface area contributed by atoms with Crippen molar-refractivity contribution in [2.24, 2.45) is 7.05 Å². The maximum absolute atomic E-state index is 6.89. The van der Waals surface area contributed by atoms with Crippen LogP contribution in [0.15, 0.2) is 42.7 Å². The van der Waals surface area contributed by atoms with Gasteiger partial charge in [0.15, 0.2) is 0 Å². The van der Waals surface area contributed by atoms with Crippen molar-refractivity contribution in [3.8, 4) is 17.1 Å². The molecule has 4 heteroatoms. The van der Waals surface area contributed by atoms with E-state index in [1.54, 1.807) is 0 Å². The molecule has 4 rings (SSSR count). The van der Waals surface area contributed by atoms with Crippen molar-refractivity contribution in [1.29, 1.82) is 0 Å². The zero-order valence-corrected chi connectivity index (χ0v) is 22.4. The molecule has 2 heterocycles. The molecule has 3 nitrogen and oxygen atoms in total. The molecule has 0 fully saturated rings. The number of hydrogen-bond acceptors (Lipinski definition) is 1. The Morgan fingerprint density at radius 2 is 1.42 bits per heavy atom. The predicted molar refractivity (Wildman–Crippen MR) is 140 cm³/mol. The SMILES string of the molecule is Cc1cccc2c1-c1n(cc[n+]1C)B(c1c(C(C)(C)C)cc(C(C)(C)C)cc1C(C)(C)C)O2. The Bertz CT molecular complexity index is 1180. The fraction of sp³-hybridized carbons (Fsp3) is 0.483. The number of rotatable bonds is 1. The summed E-state index contributed by atoms with van der Waals surface area (Å²) in [7, 11) is 1.91. The standard InChI is InChI=1S/C29H40BN2O/c1-19-13-12-14-23-24(19)26-31(11)15-16-32(26)30(33-23)25-21(28(5,6)7)17-20(27(2,3)4)18-22(25)29(8,9)10/h12-18H,1-11H3/q+1. The van der Waals surface area contributed by atoms with Gasteiger partial charge >= 0.3 is 7.05 Å². The van der Waals surface area contributed by atoms with Crippen LogP contribution < -0.4 is 14.7 Å². The molecule has 3 aromatic rings. The Kier molecular flexibility index (Phi) is 5.39. The van der Waals surface area contributed by atoms with Crippen molar-refractivity contribution in [3.05, 3.63) is 65.0 Å². The molecule has 0 saturated carbocycles. The molecule has 2 aromatic carbocycles. The van der Waals surface area contributed by atoms with Crippen molar-refractivity contribution < 1.29 is 9.22 Å². The molecule has 1 aliphatic heterocycles. The molecule has 0 aliphatic carbocycles. The fourth-order valence-corrected chi connectivity index (χ4v) is 4.98. The van der Waals surface area contributed by atoms with Crippen LogP contribution in [0.25, 0.3) is 11.4 Å². The lowest BCUT2D eigenvalue weighted by Gasteiger charge is -2.35. The monoisotopic (exact) mass is 443 g/mol. The summed E-state index contributed by atoms with van der Waals surface area (Å²) in [6.07, 6.45) is 4.32. The molecule has 0 atom stereocenters. The van der Waals surface area contributed by atoms with Crippen molar-refractivity contribution in [1.82, 2.24) is 4.48 Å². The van der Waals surface area contributed by atoms with Gasteiger partial charge in [0.1, 0.15) is 23.7 Å². The van der Waals surface area contributed by atoms with E-state index in [0.29, 0.717) is 0 Å². The first-order chi connectivity index (χ1) is 15.1. The summed E-state index contributed by atoms with van der Waals surface area (Å²) in [5, 5.41) is 0. The predicted octanol–water partition coefficient (Wildman–Crippen LogP) is 5.82. The molecular formula is C29H40BN2O+. The topological polar surface area (TPSA) is 18.0 Å². The van der Waals surface area contributed by atoms with Gasteiger partial charge < -0.3 is 4.65 Å². The van der Waals surface area contributed by atoms with E-state index in [9.17, 15) is 0 Å². The van der Waals surface area contributed by atoms with Crippen LogP contribution in [0.2, 0.25) is 0 Å². The third kappa shape index (κ3) is 4.02. The van der Waals surface area contributed by atoms with Gasteiger partial charge in [-0.3, -0.25) is 4.48 Å². The molecule has 0 spiro atoms. The number of fused-ring (bicyclic) bond motifs is 3. The molecule has 0 saturated heterocycles. The van der Waals surface area contributed by atoms with E-state index in [-0.39, 0.29) is 23.3 Å². The number of aromatic nitrogens is 2. The summed E-state index contributed by atoms with van der Waals surface area (Å²) in [6.45, 7) is 23.0. The second-order valence-electron chi connectivity index (χ2n) is 12.8. The minimum absolute atomic E-state index is 0.0255. The van der Waals surface area contributed by atoms with Gasteiger partial charge in [0, 0.05) is 5.46 Å². The van der Waals surface area contributed by atoms with Crippen molar-refractivity contribution in [2.45, 2.75) is 85.5 Å². The van der Waals surface area contributed by atoms with Gasteiger partial charge in [-0.15, -0.1) is 0 Å². The smallest absolute Gasteiger partial charge is 0.517 e. The van der Waals surface area contributed by atoms with E-state index in [1.807, 2.05) is 0 Å². The number of aryl methyl sites for hydroxylation is 2. The Labute approximate surface area is 200 Å². The Balaban J connectivity index is 2.09. The molecular weight excluding hydrogens is 403 g/mol. The molecule has 1 aliphatic rings. The van der Waals surface area contributed by atoms with E-state index in [1.165, 1.54) is 39.1 Å². The number of imidazole rings is 1. The zero-order valence-electron chi connectivity index (χ0n) is 22.4. The molecule has 33 heavy (non-hydrogen) atoms. The molecule has 0 radical (unpaired) electrons. The van der Waals surface area contributed by atoms with Gasteiger partial charge in [0.25, 0.3) is 5.82 Å². The lowest BCUT2D eigenvalue weighted by molar-refractivity contribution is -0.659. The Morgan fingerprint density at radius 1 is 0.848 bits per heavy atom. The van der Waals surface area contributed by atoms with Crippen molar-refractivity contribution in [2.75, 3.05) is 0 Å². The number of hydrogen-bond donors (Lipinski definition) is 0. The van der Waals surface area contributed by atoms with E-state index in [4.69, 9.17) is 4.65 Å². The van der Waals surface area contributed by atoms with Crippen LogP contribution in [0.1, 0.15) is 84.6 Å². The van der Waals surface area contributed by atoms with Gasteiger partial charge in [-0.25, -0.2) is 4.57 Å². The molecule has 0 bridgehead atoms. The summed E-state index contributed by atoms with van der Waals surface area (Å²) in [5.74, 6) is 2.15. The highest BCUT2D eigenvalue weighted by Gasteiger charge is 2.47. The van der Waals surface area contributed by atoms with E-state index >= 15 is 0 Å². The summed E-state index contributed by atoms with van der Waals surface area (Å²) < 4.78 is 11.4. The lowest BCUT2D eigenvalue weighted by atomic mass is 9.59. The second kappa shape index (κ2) is 7.51. The first-order valence-corrected chi connectivity index (χ1v) is 12.1. The number of benzene rings is 2. The third-order valence-electron chi connectivity index (χ3n) is 6.89. The average Bonchev–Trinajstić information content (AvgIpc) is 3.06. The maximum atomic E-state index is 6.89. The summed E-state index contributed by atoms with van der Waals surface area (Å²) in [4.78, 5) is 0. The second-order valence-corrected chi connectivity index (χ2v) is 12.8. The minimum Gasteiger partial charge on any atom is -0.517 e. The highest BCUT2D eigenvalue weighted by molar-refractivity contribution is 6.68. The quantitative estimate of drug-likeness (QED) is 0.343. The van der Waals surface area contributed by atoms with Crippen molar-refractivity contribution in [3.63, 3.8) is 0 Å².